The molecule has 0 aliphatic carbocycles. The van der Waals surface area contributed by atoms with E-state index in [4.69, 9.17) is 9.47 Å². The van der Waals surface area contributed by atoms with Crippen LogP contribution in [0.1, 0.15) is 29.8 Å². The zero-order valence-electron chi connectivity index (χ0n) is 16.9. The summed E-state index contributed by atoms with van der Waals surface area (Å²) < 4.78 is 11.2. The summed E-state index contributed by atoms with van der Waals surface area (Å²) in [5, 5.41) is 9.87. The Kier molecular flexibility index (Phi) is 6.40. The van der Waals surface area contributed by atoms with Gasteiger partial charge in [-0.15, -0.1) is 0 Å². The third-order valence-electron chi connectivity index (χ3n) is 5.67. The highest BCUT2D eigenvalue weighted by Crippen LogP contribution is 2.29. The smallest absolute Gasteiger partial charge is 0.257 e. The molecule has 6 nitrogen and oxygen atoms in total. The second-order valence-electron chi connectivity index (χ2n) is 8.09. The fraction of sp³-hybridized carbons (Fsp3) is 0.667. The molecule has 3 rings (SSSR count). The molecule has 0 unspecified atom stereocenters. The zero-order chi connectivity index (χ0) is 19.6. The molecular weight excluding hydrogens is 344 g/mol. The maximum atomic E-state index is 13.1. The first-order valence-corrected chi connectivity index (χ1v) is 9.83. The van der Waals surface area contributed by atoms with Crippen LogP contribution in [0.4, 0.5) is 0 Å². The van der Waals surface area contributed by atoms with Gasteiger partial charge in [0.25, 0.3) is 5.91 Å². The number of aryl methyl sites for hydroxylation is 1. The van der Waals surface area contributed by atoms with E-state index in [0.29, 0.717) is 24.4 Å². The summed E-state index contributed by atoms with van der Waals surface area (Å²) in [5.74, 6) is 0.975. The molecule has 0 spiro atoms. The molecule has 0 saturated carbocycles. The first-order chi connectivity index (χ1) is 12.9. The molecule has 0 aromatic heterocycles. The predicted octanol–water partition coefficient (Wildman–Crippen LogP) is 1.79. The molecule has 4 atom stereocenters. The average Bonchev–Trinajstić information content (AvgIpc) is 3.03. The van der Waals surface area contributed by atoms with Gasteiger partial charge >= 0.3 is 0 Å². The summed E-state index contributed by atoms with van der Waals surface area (Å²) in [5.41, 5.74) is 1.65. The van der Waals surface area contributed by atoms with Crippen molar-refractivity contribution in [2.24, 2.45) is 11.8 Å². The fourth-order valence-electron chi connectivity index (χ4n) is 4.43. The molecule has 1 amide bonds. The Hall–Kier alpha value is -1.63. The van der Waals surface area contributed by atoms with Gasteiger partial charge in [-0.2, -0.15) is 0 Å². The number of aliphatic hydroxyl groups excluding tert-OH is 1. The van der Waals surface area contributed by atoms with Gasteiger partial charge in [-0.1, -0.05) is 6.07 Å². The standard InChI is InChI=1S/C21H32N2O4/c1-14-5-6-19(20(7-14)26-4)21(25)23-11-17(18(12-23)13-24)10-22-8-15(2)27-16(3)9-22/h5-7,15-18,24H,8-13H2,1-4H3/t15-,16+,17-,18-/m1/s1. The average molecular weight is 376 g/mol. The van der Waals surface area contributed by atoms with Crippen molar-refractivity contribution in [2.75, 3.05) is 46.4 Å². The number of benzene rings is 1. The first-order valence-electron chi connectivity index (χ1n) is 9.83. The molecular formula is C21H32N2O4. The lowest BCUT2D eigenvalue weighted by Gasteiger charge is -2.37. The van der Waals surface area contributed by atoms with E-state index in [2.05, 4.69) is 18.7 Å². The number of hydrogen-bond acceptors (Lipinski definition) is 5. The van der Waals surface area contributed by atoms with Crippen molar-refractivity contribution < 1.29 is 19.4 Å². The van der Waals surface area contributed by atoms with Gasteiger partial charge < -0.3 is 19.5 Å². The van der Waals surface area contributed by atoms with Crippen LogP contribution in [0.15, 0.2) is 18.2 Å². The third kappa shape index (κ3) is 4.62. The maximum Gasteiger partial charge on any atom is 0.257 e. The van der Waals surface area contributed by atoms with Gasteiger partial charge in [-0.05, 0) is 44.4 Å². The van der Waals surface area contributed by atoms with E-state index >= 15 is 0 Å². The lowest BCUT2D eigenvalue weighted by atomic mass is 9.96. The van der Waals surface area contributed by atoms with E-state index in [9.17, 15) is 9.90 Å². The summed E-state index contributed by atoms with van der Waals surface area (Å²) in [6, 6.07) is 5.66. The van der Waals surface area contributed by atoms with Crippen LogP contribution in [-0.2, 0) is 4.74 Å². The van der Waals surface area contributed by atoms with Crippen LogP contribution in [-0.4, -0.2) is 79.5 Å². The van der Waals surface area contributed by atoms with Crippen LogP contribution in [0.25, 0.3) is 0 Å². The Morgan fingerprint density at radius 3 is 2.48 bits per heavy atom. The van der Waals surface area contributed by atoms with Gasteiger partial charge in [0, 0.05) is 45.2 Å². The molecule has 0 bridgehead atoms. The molecule has 1 N–H and O–H groups in total. The Morgan fingerprint density at radius 1 is 1.19 bits per heavy atom. The summed E-state index contributed by atoms with van der Waals surface area (Å²) in [6.45, 7) is 10.2. The minimum atomic E-state index is -0.0171. The number of ether oxygens (including phenoxy) is 2. The lowest BCUT2D eigenvalue weighted by molar-refractivity contribution is -0.0726. The molecule has 2 heterocycles. The normalized spacial score (nSPS) is 29.1. The van der Waals surface area contributed by atoms with Crippen molar-refractivity contribution in [1.82, 2.24) is 9.80 Å². The summed E-state index contributed by atoms with van der Waals surface area (Å²) in [7, 11) is 1.59. The van der Waals surface area contributed by atoms with E-state index < -0.39 is 0 Å². The van der Waals surface area contributed by atoms with Gasteiger partial charge in [0.2, 0.25) is 0 Å². The molecule has 1 aromatic carbocycles. The molecule has 27 heavy (non-hydrogen) atoms. The van der Waals surface area contributed by atoms with E-state index in [0.717, 1.165) is 25.2 Å². The Labute approximate surface area is 162 Å². The maximum absolute atomic E-state index is 13.1. The minimum Gasteiger partial charge on any atom is -0.496 e. The third-order valence-corrected chi connectivity index (χ3v) is 5.67. The Balaban J connectivity index is 1.69. The van der Waals surface area contributed by atoms with E-state index in [1.54, 1.807) is 7.11 Å². The Morgan fingerprint density at radius 2 is 1.85 bits per heavy atom. The van der Waals surface area contributed by atoms with Crippen molar-refractivity contribution in [3.05, 3.63) is 29.3 Å². The van der Waals surface area contributed by atoms with E-state index in [-0.39, 0.29) is 36.6 Å². The second-order valence-corrected chi connectivity index (χ2v) is 8.09. The lowest BCUT2D eigenvalue weighted by Crippen LogP contribution is -2.48. The molecule has 0 radical (unpaired) electrons. The number of nitrogens with zero attached hydrogens (tertiary/aromatic N) is 2. The monoisotopic (exact) mass is 376 g/mol. The number of carbonyl (C=O) groups is 1. The summed E-state index contributed by atoms with van der Waals surface area (Å²) >= 11 is 0. The molecule has 1 aromatic rings. The van der Waals surface area contributed by atoms with Crippen LogP contribution in [0, 0.1) is 18.8 Å². The highest BCUT2D eigenvalue weighted by Gasteiger charge is 2.37. The number of rotatable bonds is 5. The quantitative estimate of drug-likeness (QED) is 0.849. The number of aliphatic hydroxyl groups is 1. The molecule has 150 valence electrons. The van der Waals surface area contributed by atoms with Gasteiger partial charge in [-0.3, -0.25) is 9.69 Å². The van der Waals surface area contributed by atoms with E-state index in [1.165, 1.54) is 0 Å². The van der Waals surface area contributed by atoms with Gasteiger partial charge in [-0.25, -0.2) is 0 Å². The van der Waals surface area contributed by atoms with Gasteiger partial charge in [0.1, 0.15) is 5.75 Å². The highest BCUT2D eigenvalue weighted by atomic mass is 16.5. The van der Waals surface area contributed by atoms with Crippen molar-refractivity contribution in [1.29, 1.82) is 0 Å². The SMILES string of the molecule is COc1cc(C)ccc1C(=O)N1C[C@@H](CN2C[C@@H](C)O[C@@H](C)C2)[C@@H](CO)C1. The van der Waals surface area contributed by atoms with Crippen molar-refractivity contribution in [2.45, 2.75) is 33.0 Å². The molecule has 6 heteroatoms. The van der Waals surface area contributed by atoms with Crippen molar-refractivity contribution >= 4 is 5.91 Å². The van der Waals surface area contributed by atoms with Crippen molar-refractivity contribution in [3.8, 4) is 5.75 Å². The number of morpholine rings is 1. The Bertz CT molecular complexity index is 656. The molecule has 2 fully saturated rings. The van der Waals surface area contributed by atoms with Crippen molar-refractivity contribution in [3.63, 3.8) is 0 Å². The summed E-state index contributed by atoms with van der Waals surface area (Å²) in [4.78, 5) is 17.3. The van der Waals surface area contributed by atoms with Crippen LogP contribution >= 0.6 is 0 Å². The summed E-state index contributed by atoms with van der Waals surface area (Å²) in [6.07, 6.45) is 0.439. The molecule has 2 aliphatic heterocycles. The van der Waals surface area contributed by atoms with Crippen LogP contribution in [0.3, 0.4) is 0 Å². The zero-order valence-corrected chi connectivity index (χ0v) is 16.9. The minimum absolute atomic E-state index is 0.0171. The number of amides is 1. The number of hydrogen-bond donors (Lipinski definition) is 1. The number of carbonyl (C=O) groups excluding carboxylic acids is 1. The van der Waals surface area contributed by atoms with Crippen LogP contribution in [0.2, 0.25) is 0 Å². The predicted molar refractivity (Wildman–Crippen MR) is 104 cm³/mol. The van der Waals surface area contributed by atoms with Crippen LogP contribution < -0.4 is 4.74 Å². The molecule has 2 saturated heterocycles. The first kappa shape index (κ1) is 20.1. The number of likely N-dealkylation sites (tertiary alicyclic amines) is 1. The number of methoxy groups -OCH3 is 1. The van der Waals surface area contributed by atoms with Crippen LogP contribution in [0.5, 0.6) is 5.75 Å². The topological polar surface area (TPSA) is 62.2 Å². The molecule has 2 aliphatic rings. The van der Waals surface area contributed by atoms with Gasteiger partial charge in [0.05, 0.1) is 24.9 Å². The van der Waals surface area contributed by atoms with Gasteiger partial charge in [0.15, 0.2) is 0 Å². The van der Waals surface area contributed by atoms with E-state index in [1.807, 2.05) is 30.0 Å². The highest BCUT2D eigenvalue weighted by molar-refractivity contribution is 5.97. The largest absolute Gasteiger partial charge is 0.496 e. The fourth-order valence-corrected chi connectivity index (χ4v) is 4.43. The second kappa shape index (κ2) is 8.59.